The molecule has 1 aromatic heterocycles. The average Bonchev–Trinajstić information content (AvgIpc) is 2.80. The van der Waals surface area contributed by atoms with Gasteiger partial charge in [0.2, 0.25) is 0 Å². The smallest absolute Gasteiger partial charge is 0.310 e. The molecule has 1 aromatic carbocycles. The van der Waals surface area contributed by atoms with Crippen LogP contribution < -0.4 is 11.0 Å². The number of aromatic amines is 1. The van der Waals surface area contributed by atoms with E-state index in [2.05, 4.69) is 41.5 Å². The van der Waals surface area contributed by atoms with Crippen LogP contribution in [0.1, 0.15) is 45.3 Å². The quantitative estimate of drug-likeness (QED) is 0.861. The molecule has 6 heteroatoms. The van der Waals surface area contributed by atoms with Crippen molar-refractivity contribution < 1.29 is 0 Å². The molecule has 1 unspecified atom stereocenters. The van der Waals surface area contributed by atoms with E-state index in [0.717, 1.165) is 11.4 Å². The van der Waals surface area contributed by atoms with Gasteiger partial charge in [-0.25, -0.2) is 9.89 Å². The van der Waals surface area contributed by atoms with Crippen LogP contribution in [0.3, 0.4) is 0 Å². The number of aromatic nitrogens is 3. The number of nitrogens with one attached hydrogen (secondary N) is 2. The predicted octanol–water partition coefficient (Wildman–Crippen LogP) is 2.97. The van der Waals surface area contributed by atoms with Crippen molar-refractivity contribution in [3.63, 3.8) is 0 Å². The first kappa shape index (κ1) is 15.9. The van der Waals surface area contributed by atoms with Crippen LogP contribution in [0.4, 0.5) is 0 Å². The Hall–Kier alpha value is -1.53. The molecule has 0 saturated heterocycles. The molecule has 0 aliphatic carbocycles. The summed E-state index contributed by atoms with van der Waals surface area (Å²) in [7, 11) is 0. The maximum atomic E-state index is 11.8. The van der Waals surface area contributed by atoms with Gasteiger partial charge in [-0.3, -0.25) is 4.57 Å². The van der Waals surface area contributed by atoms with E-state index in [4.69, 9.17) is 0 Å². The molecule has 1 heterocycles. The lowest BCUT2D eigenvalue weighted by molar-refractivity contribution is 0.533. The van der Waals surface area contributed by atoms with Crippen LogP contribution in [0.5, 0.6) is 0 Å². The van der Waals surface area contributed by atoms with Crippen molar-refractivity contribution in [1.29, 1.82) is 0 Å². The summed E-state index contributed by atoms with van der Waals surface area (Å²) in [6, 6.07) is 8.56. The van der Waals surface area contributed by atoms with E-state index >= 15 is 0 Å². The van der Waals surface area contributed by atoms with Crippen molar-refractivity contribution in [2.75, 3.05) is 6.54 Å². The second-order valence-electron chi connectivity index (χ2n) is 5.19. The van der Waals surface area contributed by atoms with E-state index in [9.17, 15) is 4.79 Å². The Morgan fingerprint density at radius 2 is 2.05 bits per heavy atom. The fraction of sp³-hybridized carbons (Fsp3) is 0.467. The molecule has 0 amide bonds. The zero-order valence-electron chi connectivity index (χ0n) is 12.9. The number of nitrogens with zero attached hydrogens (tertiary/aromatic N) is 2. The van der Waals surface area contributed by atoms with Gasteiger partial charge in [0.05, 0.1) is 0 Å². The highest BCUT2D eigenvalue weighted by Gasteiger charge is 2.16. The topological polar surface area (TPSA) is 62.7 Å². The first-order valence-corrected chi connectivity index (χ1v) is 8.03. The van der Waals surface area contributed by atoms with Crippen molar-refractivity contribution in [2.24, 2.45) is 0 Å². The molecule has 0 fully saturated rings. The summed E-state index contributed by atoms with van der Waals surface area (Å²) >= 11 is 1.52. The largest absolute Gasteiger partial charge is 0.344 e. The van der Waals surface area contributed by atoms with Crippen LogP contribution in [0.2, 0.25) is 0 Å². The molecule has 0 spiro atoms. The SMILES string of the molecule is CCNC(C)c1ccccc1Sc1n[nH]c(=O)n1C(C)C. The van der Waals surface area contributed by atoms with E-state index in [1.807, 2.05) is 26.0 Å². The van der Waals surface area contributed by atoms with Crippen LogP contribution in [-0.4, -0.2) is 21.3 Å². The van der Waals surface area contributed by atoms with Gasteiger partial charge in [-0.2, -0.15) is 0 Å². The van der Waals surface area contributed by atoms with Crippen LogP contribution in [0, 0.1) is 0 Å². The van der Waals surface area contributed by atoms with E-state index in [1.165, 1.54) is 17.3 Å². The van der Waals surface area contributed by atoms with E-state index in [0.29, 0.717) is 5.16 Å². The van der Waals surface area contributed by atoms with Crippen LogP contribution in [0.15, 0.2) is 39.1 Å². The minimum absolute atomic E-state index is 0.0807. The number of H-pyrrole nitrogens is 1. The van der Waals surface area contributed by atoms with E-state index < -0.39 is 0 Å². The summed E-state index contributed by atoms with van der Waals surface area (Å²) in [5.74, 6) is 0. The minimum Gasteiger partial charge on any atom is -0.310 e. The summed E-state index contributed by atoms with van der Waals surface area (Å²) in [6.45, 7) is 9.11. The molecular weight excluding hydrogens is 284 g/mol. The molecule has 114 valence electrons. The normalized spacial score (nSPS) is 12.8. The Labute approximate surface area is 129 Å². The first-order chi connectivity index (χ1) is 10.0. The molecule has 0 aliphatic rings. The standard InChI is InChI=1S/C15H22N4OS/c1-5-16-11(4)12-8-6-7-9-13(12)21-15-18-17-14(20)19(15)10(2)3/h6-11,16H,5H2,1-4H3,(H,17,20). The van der Waals surface area contributed by atoms with E-state index in [-0.39, 0.29) is 17.8 Å². The van der Waals surface area contributed by atoms with Crippen molar-refractivity contribution in [2.45, 2.75) is 49.8 Å². The fourth-order valence-electron chi connectivity index (χ4n) is 2.26. The lowest BCUT2D eigenvalue weighted by atomic mass is 10.1. The molecule has 21 heavy (non-hydrogen) atoms. The van der Waals surface area contributed by atoms with E-state index in [1.54, 1.807) is 4.57 Å². The Bertz CT molecular complexity index is 647. The summed E-state index contributed by atoms with van der Waals surface area (Å²) in [5, 5.41) is 10.8. The Morgan fingerprint density at radius 3 is 2.71 bits per heavy atom. The summed E-state index contributed by atoms with van der Waals surface area (Å²) < 4.78 is 1.68. The highest BCUT2D eigenvalue weighted by Crippen LogP contribution is 2.32. The van der Waals surface area contributed by atoms with Gasteiger partial charge in [0.25, 0.3) is 0 Å². The van der Waals surface area contributed by atoms with Crippen LogP contribution in [0.25, 0.3) is 0 Å². The lowest BCUT2D eigenvalue weighted by Gasteiger charge is -2.17. The zero-order chi connectivity index (χ0) is 15.4. The Balaban J connectivity index is 2.34. The van der Waals surface area contributed by atoms with Crippen molar-refractivity contribution in [1.82, 2.24) is 20.1 Å². The fourth-order valence-corrected chi connectivity index (χ4v) is 3.45. The van der Waals surface area contributed by atoms with Crippen LogP contribution >= 0.6 is 11.8 Å². The second-order valence-corrected chi connectivity index (χ2v) is 6.20. The molecule has 0 aliphatic heterocycles. The number of hydrogen-bond donors (Lipinski definition) is 2. The monoisotopic (exact) mass is 306 g/mol. The van der Waals surface area contributed by atoms with Crippen molar-refractivity contribution in [3.8, 4) is 0 Å². The average molecular weight is 306 g/mol. The molecule has 2 N–H and O–H groups in total. The van der Waals surface area contributed by atoms with Gasteiger partial charge in [0.15, 0.2) is 5.16 Å². The minimum atomic E-state index is -0.162. The Kier molecular flexibility index (Phi) is 5.25. The third-order valence-electron chi connectivity index (χ3n) is 3.29. The number of hydrogen-bond acceptors (Lipinski definition) is 4. The first-order valence-electron chi connectivity index (χ1n) is 7.21. The molecule has 5 nitrogen and oxygen atoms in total. The van der Waals surface area contributed by atoms with Crippen molar-refractivity contribution >= 4 is 11.8 Å². The number of rotatable bonds is 6. The Morgan fingerprint density at radius 1 is 1.33 bits per heavy atom. The summed E-state index contributed by atoms with van der Waals surface area (Å²) in [4.78, 5) is 12.9. The number of benzene rings is 1. The highest BCUT2D eigenvalue weighted by molar-refractivity contribution is 7.99. The molecule has 0 saturated carbocycles. The third kappa shape index (κ3) is 3.57. The maximum absolute atomic E-state index is 11.8. The third-order valence-corrected chi connectivity index (χ3v) is 4.35. The van der Waals surface area contributed by atoms with Gasteiger partial charge in [-0.05, 0) is 50.7 Å². The van der Waals surface area contributed by atoms with Gasteiger partial charge in [0, 0.05) is 17.0 Å². The van der Waals surface area contributed by atoms with Gasteiger partial charge >= 0.3 is 5.69 Å². The van der Waals surface area contributed by atoms with Gasteiger partial charge in [-0.1, -0.05) is 25.1 Å². The molecule has 0 radical (unpaired) electrons. The highest BCUT2D eigenvalue weighted by atomic mass is 32.2. The molecule has 2 aromatic rings. The zero-order valence-corrected chi connectivity index (χ0v) is 13.7. The predicted molar refractivity (Wildman–Crippen MR) is 85.9 cm³/mol. The molecule has 1 atom stereocenters. The molecular formula is C15H22N4OS. The summed E-state index contributed by atoms with van der Waals surface area (Å²) in [6.07, 6.45) is 0. The van der Waals surface area contributed by atoms with Gasteiger partial charge in [0.1, 0.15) is 0 Å². The lowest BCUT2D eigenvalue weighted by Crippen LogP contribution is -2.20. The molecule has 0 bridgehead atoms. The van der Waals surface area contributed by atoms with Gasteiger partial charge < -0.3 is 5.32 Å². The summed E-state index contributed by atoms with van der Waals surface area (Å²) in [5.41, 5.74) is 1.06. The van der Waals surface area contributed by atoms with Crippen molar-refractivity contribution in [3.05, 3.63) is 40.3 Å². The van der Waals surface area contributed by atoms with Crippen LogP contribution in [-0.2, 0) is 0 Å². The van der Waals surface area contributed by atoms with Gasteiger partial charge in [-0.15, -0.1) is 5.10 Å². The second kappa shape index (κ2) is 6.95. The maximum Gasteiger partial charge on any atom is 0.344 e. The molecule has 2 rings (SSSR count).